The zero-order chi connectivity index (χ0) is 13.9. The van der Waals surface area contributed by atoms with Crippen molar-refractivity contribution in [3.8, 4) is 0 Å². The minimum Gasteiger partial charge on any atom is -0.366 e. The Morgan fingerprint density at radius 3 is 3.00 bits per heavy atom. The molecule has 2 aliphatic heterocycles. The normalized spacial score (nSPS) is 26.8. The number of hydrogen-bond acceptors (Lipinski definition) is 3. The third kappa shape index (κ3) is 2.58. The van der Waals surface area contributed by atoms with Gasteiger partial charge in [-0.05, 0) is 30.9 Å². The number of hydrogen-bond donors (Lipinski definition) is 1. The van der Waals surface area contributed by atoms with Gasteiger partial charge in [0.05, 0.1) is 12.6 Å². The minimum absolute atomic E-state index is 0.142. The molecule has 3 rings (SSSR count). The van der Waals surface area contributed by atoms with Crippen LogP contribution in [0, 0.1) is 6.92 Å². The van der Waals surface area contributed by atoms with Crippen molar-refractivity contribution in [2.24, 2.45) is 0 Å². The molecule has 4 heteroatoms. The van der Waals surface area contributed by atoms with E-state index in [-0.39, 0.29) is 18.1 Å². The van der Waals surface area contributed by atoms with Gasteiger partial charge >= 0.3 is 0 Å². The van der Waals surface area contributed by atoms with Crippen LogP contribution in [0.15, 0.2) is 24.3 Å². The van der Waals surface area contributed by atoms with Crippen molar-refractivity contribution in [2.75, 3.05) is 26.2 Å². The van der Waals surface area contributed by atoms with E-state index in [9.17, 15) is 4.79 Å². The van der Waals surface area contributed by atoms with Gasteiger partial charge in [-0.3, -0.25) is 4.79 Å². The lowest BCUT2D eigenvalue weighted by Crippen LogP contribution is -2.49. The molecule has 0 aliphatic carbocycles. The fraction of sp³-hybridized carbons (Fsp3) is 0.562. The molecular formula is C16H22N2O2. The fourth-order valence-corrected chi connectivity index (χ4v) is 3.22. The van der Waals surface area contributed by atoms with Crippen molar-refractivity contribution in [3.63, 3.8) is 0 Å². The predicted molar refractivity (Wildman–Crippen MR) is 77.5 cm³/mol. The van der Waals surface area contributed by atoms with E-state index in [0.717, 1.165) is 25.9 Å². The van der Waals surface area contributed by atoms with E-state index >= 15 is 0 Å². The first-order valence-electron chi connectivity index (χ1n) is 7.45. The van der Waals surface area contributed by atoms with Gasteiger partial charge in [-0.25, -0.2) is 0 Å². The van der Waals surface area contributed by atoms with E-state index in [0.29, 0.717) is 13.2 Å². The van der Waals surface area contributed by atoms with E-state index in [1.807, 2.05) is 11.0 Å². The highest BCUT2D eigenvalue weighted by atomic mass is 16.5. The molecule has 0 aromatic heterocycles. The molecule has 2 aliphatic rings. The number of morpholine rings is 1. The topological polar surface area (TPSA) is 41.6 Å². The number of aryl methyl sites for hydroxylation is 1. The van der Waals surface area contributed by atoms with Gasteiger partial charge in [0.1, 0.15) is 6.10 Å². The van der Waals surface area contributed by atoms with Crippen molar-refractivity contribution in [3.05, 3.63) is 35.4 Å². The number of amides is 1. The highest BCUT2D eigenvalue weighted by Gasteiger charge is 2.35. The maximum Gasteiger partial charge on any atom is 0.253 e. The molecule has 1 amide bonds. The monoisotopic (exact) mass is 274 g/mol. The Morgan fingerprint density at radius 1 is 1.40 bits per heavy atom. The van der Waals surface area contributed by atoms with Crippen LogP contribution < -0.4 is 5.32 Å². The average molecular weight is 274 g/mol. The summed E-state index contributed by atoms with van der Waals surface area (Å²) in [5.41, 5.74) is 2.54. The van der Waals surface area contributed by atoms with E-state index in [1.165, 1.54) is 11.1 Å². The van der Waals surface area contributed by atoms with E-state index in [2.05, 4.69) is 30.4 Å². The van der Waals surface area contributed by atoms with Crippen LogP contribution in [0.25, 0.3) is 0 Å². The van der Waals surface area contributed by atoms with E-state index < -0.39 is 0 Å². The molecule has 108 valence electrons. The molecule has 20 heavy (non-hydrogen) atoms. The number of ether oxygens (including phenoxy) is 1. The maximum absolute atomic E-state index is 12.7. The molecule has 0 saturated carbocycles. The smallest absolute Gasteiger partial charge is 0.253 e. The van der Waals surface area contributed by atoms with Gasteiger partial charge in [0.25, 0.3) is 5.91 Å². The lowest BCUT2D eigenvalue weighted by atomic mass is 9.99. The molecule has 4 nitrogen and oxygen atoms in total. The van der Waals surface area contributed by atoms with Crippen molar-refractivity contribution in [1.82, 2.24) is 10.2 Å². The summed E-state index contributed by atoms with van der Waals surface area (Å²) in [4.78, 5) is 14.7. The molecule has 0 bridgehead atoms. The quantitative estimate of drug-likeness (QED) is 0.891. The Morgan fingerprint density at radius 2 is 2.25 bits per heavy atom. The van der Waals surface area contributed by atoms with Gasteiger partial charge in [-0.1, -0.05) is 24.3 Å². The SMILES string of the molecule is Cc1ccccc1[C@H]1CCCN1C(=O)[C@H]1CNCCO1. The van der Waals surface area contributed by atoms with E-state index in [4.69, 9.17) is 4.74 Å². The van der Waals surface area contributed by atoms with Crippen LogP contribution >= 0.6 is 0 Å². The zero-order valence-electron chi connectivity index (χ0n) is 12.0. The number of rotatable bonds is 2. The molecule has 2 atom stereocenters. The lowest BCUT2D eigenvalue weighted by molar-refractivity contribution is -0.146. The fourth-order valence-electron chi connectivity index (χ4n) is 3.22. The minimum atomic E-state index is -0.312. The predicted octanol–water partition coefficient (Wildman–Crippen LogP) is 1.65. The second-order valence-corrected chi connectivity index (χ2v) is 5.61. The Hall–Kier alpha value is -1.39. The van der Waals surface area contributed by atoms with Crippen molar-refractivity contribution in [1.29, 1.82) is 0 Å². The largest absolute Gasteiger partial charge is 0.366 e. The van der Waals surface area contributed by atoms with Crippen molar-refractivity contribution in [2.45, 2.75) is 31.9 Å². The van der Waals surface area contributed by atoms with Crippen LogP contribution in [0.1, 0.15) is 30.0 Å². The van der Waals surface area contributed by atoms with Crippen LogP contribution in [0.4, 0.5) is 0 Å². The summed E-state index contributed by atoms with van der Waals surface area (Å²) >= 11 is 0. The Balaban J connectivity index is 1.78. The number of nitrogens with zero attached hydrogens (tertiary/aromatic N) is 1. The summed E-state index contributed by atoms with van der Waals surface area (Å²) in [6.45, 7) is 5.06. The lowest BCUT2D eigenvalue weighted by Gasteiger charge is -2.31. The third-order valence-corrected chi connectivity index (χ3v) is 4.29. The molecule has 2 saturated heterocycles. The summed E-state index contributed by atoms with van der Waals surface area (Å²) in [5, 5.41) is 3.23. The molecule has 2 heterocycles. The Kier molecular flexibility index (Phi) is 4.03. The number of nitrogens with one attached hydrogen (secondary N) is 1. The van der Waals surface area contributed by atoms with Crippen LogP contribution in [-0.4, -0.2) is 43.2 Å². The Labute approximate surface area is 120 Å². The summed E-state index contributed by atoms with van der Waals surface area (Å²) in [7, 11) is 0. The van der Waals surface area contributed by atoms with Crippen LogP contribution in [-0.2, 0) is 9.53 Å². The standard InChI is InChI=1S/C16H22N2O2/c1-12-5-2-3-6-13(12)14-7-4-9-18(14)16(19)15-11-17-8-10-20-15/h2-3,5-6,14-15,17H,4,7-11H2,1H3/t14-,15-/m1/s1. The highest BCUT2D eigenvalue weighted by molar-refractivity contribution is 5.82. The van der Waals surface area contributed by atoms with Gasteiger partial charge in [0, 0.05) is 19.6 Å². The molecule has 1 aromatic carbocycles. The maximum atomic E-state index is 12.7. The summed E-state index contributed by atoms with van der Waals surface area (Å²) in [6.07, 6.45) is 1.81. The van der Waals surface area contributed by atoms with Crippen molar-refractivity contribution < 1.29 is 9.53 Å². The summed E-state index contributed by atoms with van der Waals surface area (Å²) < 4.78 is 5.61. The summed E-state index contributed by atoms with van der Waals surface area (Å²) in [5.74, 6) is 0.142. The van der Waals surface area contributed by atoms with E-state index in [1.54, 1.807) is 0 Å². The number of likely N-dealkylation sites (tertiary alicyclic amines) is 1. The zero-order valence-corrected chi connectivity index (χ0v) is 12.0. The molecule has 1 N–H and O–H groups in total. The molecule has 0 spiro atoms. The second kappa shape index (κ2) is 5.94. The third-order valence-electron chi connectivity index (χ3n) is 4.29. The molecule has 0 unspecified atom stereocenters. The van der Waals surface area contributed by atoms with Gasteiger partial charge in [-0.2, -0.15) is 0 Å². The van der Waals surface area contributed by atoms with Crippen LogP contribution in [0.5, 0.6) is 0 Å². The highest BCUT2D eigenvalue weighted by Crippen LogP contribution is 2.34. The molecule has 0 radical (unpaired) electrons. The number of benzene rings is 1. The summed E-state index contributed by atoms with van der Waals surface area (Å²) in [6, 6.07) is 8.59. The molecule has 2 fully saturated rings. The second-order valence-electron chi connectivity index (χ2n) is 5.61. The van der Waals surface area contributed by atoms with Crippen LogP contribution in [0.2, 0.25) is 0 Å². The van der Waals surface area contributed by atoms with Crippen molar-refractivity contribution >= 4 is 5.91 Å². The van der Waals surface area contributed by atoms with Gasteiger partial charge < -0.3 is 15.0 Å². The van der Waals surface area contributed by atoms with Gasteiger partial charge in [0.2, 0.25) is 0 Å². The number of carbonyl (C=O) groups excluding carboxylic acids is 1. The molecular weight excluding hydrogens is 252 g/mol. The number of carbonyl (C=O) groups is 1. The van der Waals surface area contributed by atoms with Gasteiger partial charge in [-0.15, -0.1) is 0 Å². The Bertz CT molecular complexity index is 483. The van der Waals surface area contributed by atoms with Gasteiger partial charge in [0.15, 0.2) is 0 Å². The first kappa shape index (κ1) is 13.6. The average Bonchev–Trinajstić information content (AvgIpc) is 2.97. The van der Waals surface area contributed by atoms with Crippen LogP contribution in [0.3, 0.4) is 0 Å². The molecule has 1 aromatic rings. The first-order chi connectivity index (χ1) is 9.77. The first-order valence-corrected chi connectivity index (χ1v) is 7.45.